The Kier molecular flexibility index (Phi) is 4.75. The van der Waals surface area contributed by atoms with Crippen molar-refractivity contribution in [2.24, 2.45) is 11.8 Å². The van der Waals surface area contributed by atoms with Gasteiger partial charge in [0, 0.05) is 35.3 Å². The zero-order valence-electron chi connectivity index (χ0n) is 16.7. The SMILES string of the molecule is CC1C(=O)CCC2c3nc(C4CCNCC4)nc(-c4ccccc4)c3CCC12. The highest BCUT2D eigenvalue weighted by Gasteiger charge is 2.41. The average Bonchev–Trinajstić information content (AvgIpc) is 2.76. The Balaban J connectivity index is 1.63. The molecule has 1 aromatic carbocycles. The van der Waals surface area contributed by atoms with Crippen LogP contribution in [0.5, 0.6) is 0 Å². The first-order valence-electron chi connectivity index (χ1n) is 10.9. The van der Waals surface area contributed by atoms with Crippen molar-refractivity contribution in [2.75, 3.05) is 13.1 Å². The summed E-state index contributed by atoms with van der Waals surface area (Å²) in [6.07, 6.45) is 5.95. The van der Waals surface area contributed by atoms with Gasteiger partial charge in [-0.15, -0.1) is 0 Å². The summed E-state index contributed by atoms with van der Waals surface area (Å²) in [6.45, 7) is 4.23. The Bertz CT molecular complexity index is 873. The number of carbonyl (C=O) groups excluding carboxylic acids is 1. The Labute approximate surface area is 167 Å². The van der Waals surface area contributed by atoms with Crippen LogP contribution in [0.25, 0.3) is 11.3 Å². The normalized spacial score (nSPS) is 27.9. The number of carbonyl (C=O) groups is 1. The van der Waals surface area contributed by atoms with Gasteiger partial charge in [-0.25, -0.2) is 9.97 Å². The predicted octanol–water partition coefficient (Wildman–Crippen LogP) is 4.26. The monoisotopic (exact) mass is 375 g/mol. The van der Waals surface area contributed by atoms with E-state index < -0.39 is 0 Å². The zero-order valence-corrected chi connectivity index (χ0v) is 16.7. The van der Waals surface area contributed by atoms with Crippen molar-refractivity contribution in [3.05, 3.63) is 47.4 Å². The number of nitrogens with zero attached hydrogens (tertiary/aromatic N) is 2. The fourth-order valence-electron chi connectivity index (χ4n) is 5.60. The number of ketones is 1. The number of hydrogen-bond acceptors (Lipinski definition) is 4. The topological polar surface area (TPSA) is 54.9 Å². The second-order valence-electron chi connectivity index (χ2n) is 8.79. The first kappa shape index (κ1) is 18.0. The van der Waals surface area contributed by atoms with Crippen LogP contribution in [0.4, 0.5) is 0 Å². The highest BCUT2D eigenvalue weighted by molar-refractivity contribution is 5.82. The van der Waals surface area contributed by atoms with E-state index in [0.717, 1.165) is 56.7 Å². The van der Waals surface area contributed by atoms with Crippen molar-refractivity contribution in [1.82, 2.24) is 15.3 Å². The van der Waals surface area contributed by atoms with Gasteiger partial charge in [-0.3, -0.25) is 4.79 Å². The lowest BCUT2D eigenvalue weighted by Gasteiger charge is -2.40. The number of piperidine rings is 1. The molecule has 1 saturated carbocycles. The summed E-state index contributed by atoms with van der Waals surface area (Å²) >= 11 is 0. The molecule has 3 atom stereocenters. The molecule has 146 valence electrons. The summed E-state index contributed by atoms with van der Waals surface area (Å²) in [5.41, 5.74) is 4.95. The standard InChI is InChI=1S/C24H29N3O/c1-15-18-7-8-20-22(16-5-3-2-4-6-16)26-24(17-11-13-25-14-12-17)27-23(20)19(18)9-10-21(15)28/h2-6,15,17-19,25H,7-14H2,1H3. The first-order valence-corrected chi connectivity index (χ1v) is 10.9. The number of Topliss-reactive ketones (excluding diaryl/α,β-unsaturated/α-hetero) is 1. The minimum atomic E-state index is 0.171. The van der Waals surface area contributed by atoms with Crippen LogP contribution in [0.1, 0.15) is 67.9 Å². The summed E-state index contributed by atoms with van der Waals surface area (Å²) in [5.74, 6) is 2.96. The molecule has 1 N–H and O–H groups in total. The molecule has 0 bridgehead atoms. The van der Waals surface area contributed by atoms with Crippen LogP contribution in [0, 0.1) is 11.8 Å². The van der Waals surface area contributed by atoms with Crippen LogP contribution in [-0.2, 0) is 11.2 Å². The van der Waals surface area contributed by atoms with Gasteiger partial charge in [0.25, 0.3) is 0 Å². The number of nitrogens with one attached hydrogen (secondary N) is 1. The Morgan fingerprint density at radius 1 is 0.964 bits per heavy atom. The van der Waals surface area contributed by atoms with Crippen molar-refractivity contribution in [3.8, 4) is 11.3 Å². The molecule has 5 rings (SSSR count). The van der Waals surface area contributed by atoms with Gasteiger partial charge in [-0.2, -0.15) is 0 Å². The van der Waals surface area contributed by atoms with Crippen molar-refractivity contribution in [3.63, 3.8) is 0 Å². The van der Waals surface area contributed by atoms with Gasteiger partial charge in [-0.05, 0) is 51.1 Å². The van der Waals surface area contributed by atoms with Gasteiger partial charge < -0.3 is 5.32 Å². The third-order valence-corrected chi connectivity index (χ3v) is 7.26. The van der Waals surface area contributed by atoms with Gasteiger partial charge in [-0.1, -0.05) is 37.3 Å². The Morgan fingerprint density at radius 2 is 1.75 bits per heavy atom. The largest absolute Gasteiger partial charge is 0.317 e. The van der Waals surface area contributed by atoms with Gasteiger partial charge >= 0.3 is 0 Å². The molecule has 0 amide bonds. The molecule has 2 aromatic rings. The quantitative estimate of drug-likeness (QED) is 0.852. The van der Waals surface area contributed by atoms with E-state index in [9.17, 15) is 4.79 Å². The molecule has 0 radical (unpaired) electrons. The maximum absolute atomic E-state index is 12.3. The third-order valence-electron chi connectivity index (χ3n) is 7.26. The second kappa shape index (κ2) is 7.40. The summed E-state index contributed by atoms with van der Waals surface area (Å²) in [4.78, 5) is 22.7. The lowest BCUT2D eigenvalue weighted by molar-refractivity contribution is -0.126. The van der Waals surface area contributed by atoms with Crippen LogP contribution in [0.15, 0.2) is 30.3 Å². The lowest BCUT2D eigenvalue weighted by atomic mass is 9.64. The highest BCUT2D eigenvalue weighted by atomic mass is 16.1. The molecule has 1 saturated heterocycles. The van der Waals surface area contributed by atoms with Gasteiger partial charge in [0.15, 0.2) is 0 Å². The summed E-state index contributed by atoms with van der Waals surface area (Å²) < 4.78 is 0. The molecule has 1 aliphatic heterocycles. The average molecular weight is 376 g/mol. The molecule has 4 nitrogen and oxygen atoms in total. The van der Waals surface area contributed by atoms with E-state index in [1.807, 2.05) is 0 Å². The summed E-state index contributed by atoms with van der Waals surface area (Å²) in [6, 6.07) is 10.6. The minimum absolute atomic E-state index is 0.171. The van der Waals surface area contributed by atoms with Crippen molar-refractivity contribution in [1.29, 1.82) is 0 Å². The highest BCUT2D eigenvalue weighted by Crippen LogP contribution is 2.48. The van der Waals surface area contributed by atoms with E-state index in [4.69, 9.17) is 9.97 Å². The maximum atomic E-state index is 12.3. The molecular formula is C24H29N3O. The molecular weight excluding hydrogens is 346 g/mol. The fraction of sp³-hybridized carbons (Fsp3) is 0.542. The van der Waals surface area contributed by atoms with E-state index in [0.29, 0.717) is 30.0 Å². The van der Waals surface area contributed by atoms with Gasteiger partial charge in [0.05, 0.1) is 11.4 Å². The number of aromatic nitrogens is 2. The Hall–Kier alpha value is -2.07. The van der Waals surface area contributed by atoms with Crippen molar-refractivity contribution < 1.29 is 4.79 Å². The molecule has 3 aliphatic rings. The van der Waals surface area contributed by atoms with Gasteiger partial charge in [0.2, 0.25) is 0 Å². The molecule has 1 aromatic heterocycles. The smallest absolute Gasteiger partial charge is 0.136 e. The van der Waals surface area contributed by atoms with Crippen LogP contribution < -0.4 is 5.32 Å². The first-order chi connectivity index (χ1) is 13.7. The molecule has 2 heterocycles. The molecule has 2 aliphatic carbocycles. The number of fused-ring (bicyclic) bond motifs is 3. The fourth-order valence-corrected chi connectivity index (χ4v) is 5.60. The molecule has 28 heavy (non-hydrogen) atoms. The molecule has 4 heteroatoms. The second-order valence-corrected chi connectivity index (χ2v) is 8.79. The molecule has 0 spiro atoms. The summed E-state index contributed by atoms with van der Waals surface area (Å²) in [7, 11) is 0. The van der Waals surface area contributed by atoms with Crippen LogP contribution in [0.2, 0.25) is 0 Å². The zero-order chi connectivity index (χ0) is 19.1. The van der Waals surface area contributed by atoms with Gasteiger partial charge in [0.1, 0.15) is 11.6 Å². The molecule has 2 fully saturated rings. The predicted molar refractivity (Wildman–Crippen MR) is 110 cm³/mol. The third kappa shape index (κ3) is 3.08. The van der Waals surface area contributed by atoms with Crippen molar-refractivity contribution >= 4 is 5.78 Å². The van der Waals surface area contributed by atoms with E-state index in [1.165, 1.54) is 16.8 Å². The molecule has 3 unspecified atom stereocenters. The number of hydrogen-bond donors (Lipinski definition) is 1. The van der Waals surface area contributed by atoms with Crippen LogP contribution in [-0.4, -0.2) is 28.8 Å². The summed E-state index contributed by atoms with van der Waals surface area (Å²) in [5, 5.41) is 3.46. The maximum Gasteiger partial charge on any atom is 0.136 e. The minimum Gasteiger partial charge on any atom is -0.317 e. The lowest BCUT2D eigenvalue weighted by Crippen LogP contribution is -2.36. The van der Waals surface area contributed by atoms with E-state index in [-0.39, 0.29) is 5.92 Å². The number of benzene rings is 1. The van der Waals surface area contributed by atoms with Crippen molar-refractivity contribution in [2.45, 2.75) is 57.3 Å². The van der Waals surface area contributed by atoms with E-state index in [1.54, 1.807) is 0 Å². The number of rotatable bonds is 2. The van der Waals surface area contributed by atoms with E-state index >= 15 is 0 Å². The van der Waals surface area contributed by atoms with Crippen LogP contribution in [0.3, 0.4) is 0 Å². The van der Waals surface area contributed by atoms with Crippen LogP contribution >= 0.6 is 0 Å². The van der Waals surface area contributed by atoms with E-state index in [2.05, 4.69) is 42.6 Å². The Morgan fingerprint density at radius 3 is 2.54 bits per heavy atom.